The Bertz CT molecular complexity index is 570. The van der Waals surface area contributed by atoms with Crippen molar-refractivity contribution in [1.82, 2.24) is 4.98 Å². The van der Waals surface area contributed by atoms with E-state index in [1.54, 1.807) is 6.20 Å². The van der Waals surface area contributed by atoms with Crippen LogP contribution in [0.3, 0.4) is 0 Å². The first-order valence-electron chi connectivity index (χ1n) is 6.12. The molecular weight excluding hydrogens is 290 g/mol. The molecule has 3 rings (SSSR count). The lowest BCUT2D eigenvalue weighted by Crippen LogP contribution is -2.19. The van der Waals surface area contributed by atoms with Crippen molar-refractivity contribution < 1.29 is 5.11 Å². The Morgan fingerprint density at radius 2 is 2.11 bits per heavy atom. The number of fused-ring (bicyclic) bond motifs is 1. The summed E-state index contributed by atoms with van der Waals surface area (Å²) in [5, 5.41) is 10.3. The number of hydrogen-bond acceptors (Lipinski definition) is 2. The standard InChI is InChI=1S/C15H14BrNO/c16-13-6-3-7-17-15(13)14(18)9-11-8-10-4-1-2-5-12(10)11/h1-7,11,14,18H,8-9H2. The minimum absolute atomic E-state index is 0.463. The average Bonchev–Trinajstić information content (AvgIpc) is 2.36. The lowest BCUT2D eigenvalue weighted by Gasteiger charge is -2.31. The molecule has 18 heavy (non-hydrogen) atoms. The molecule has 0 fully saturated rings. The summed E-state index contributed by atoms with van der Waals surface area (Å²) in [6, 6.07) is 12.2. The summed E-state index contributed by atoms with van der Waals surface area (Å²) < 4.78 is 0.880. The summed E-state index contributed by atoms with van der Waals surface area (Å²) in [5.74, 6) is 0.463. The Morgan fingerprint density at radius 1 is 1.28 bits per heavy atom. The molecule has 0 amide bonds. The number of nitrogens with zero attached hydrogens (tertiary/aromatic N) is 1. The van der Waals surface area contributed by atoms with Gasteiger partial charge in [0.2, 0.25) is 0 Å². The smallest absolute Gasteiger partial charge is 0.0977 e. The Balaban J connectivity index is 1.74. The number of halogens is 1. The molecule has 0 aliphatic heterocycles. The van der Waals surface area contributed by atoms with Crippen LogP contribution in [-0.4, -0.2) is 10.1 Å². The SMILES string of the molecule is OC(CC1Cc2ccccc21)c1ncccc1Br. The number of aromatic nitrogens is 1. The van der Waals surface area contributed by atoms with Crippen LogP contribution < -0.4 is 0 Å². The topological polar surface area (TPSA) is 33.1 Å². The first-order valence-corrected chi connectivity index (χ1v) is 6.91. The maximum absolute atomic E-state index is 10.3. The predicted octanol–water partition coefficient (Wildman–Crippen LogP) is 3.61. The van der Waals surface area contributed by atoms with Crippen LogP contribution in [0, 0.1) is 0 Å². The van der Waals surface area contributed by atoms with Crippen molar-refractivity contribution in [3.63, 3.8) is 0 Å². The maximum Gasteiger partial charge on any atom is 0.0977 e. The zero-order valence-corrected chi connectivity index (χ0v) is 11.5. The Labute approximate surface area is 115 Å². The summed E-state index contributed by atoms with van der Waals surface area (Å²) in [5.41, 5.74) is 3.53. The van der Waals surface area contributed by atoms with Crippen molar-refractivity contribution in [2.45, 2.75) is 24.9 Å². The van der Waals surface area contributed by atoms with Gasteiger partial charge >= 0.3 is 0 Å². The van der Waals surface area contributed by atoms with Gasteiger partial charge in [-0.05, 0) is 57.9 Å². The second-order valence-electron chi connectivity index (χ2n) is 4.72. The molecule has 2 atom stereocenters. The predicted molar refractivity (Wildman–Crippen MR) is 74.4 cm³/mol. The molecule has 0 spiro atoms. The molecule has 1 aliphatic rings. The average molecular weight is 304 g/mol. The highest BCUT2D eigenvalue weighted by molar-refractivity contribution is 9.10. The van der Waals surface area contributed by atoms with Gasteiger partial charge in [0.15, 0.2) is 0 Å². The Hall–Kier alpha value is -1.19. The normalized spacial score (nSPS) is 18.9. The number of hydrogen-bond donors (Lipinski definition) is 1. The van der Waals surface area contributed by atoms with Gasteiger partial charge < -0.3 is 5.11 Å². The van der Waals surface area contributed by atoms with Gasteiger partial charge in [-0.25, -0.2) is 0 Å². The second kappa shape index (κ2) is 4.82. The van der Waals surface area contributed by atoms with Gasteiger partial charge in [0.1, 0.15) is 0 Å². The molecule has 0 saturated heterocycles. The van der Waals surface area contributed by atoms with Gasteiger partial charge in [-0.15, -0.1) is 0 Å². The summed E-state index contributed by atoms with van der Waals surface area (Å²) in [6.45, 7) is 0. The Kier molecular flexibility index (Phi) is 3.18. The summed E-state index contributed by atoms with van der Waals surface area (Å²) in [4.78, 5) is 4.25. The third-order valence-corrected chi connectivity index (χ3v) is 4.24. The Morgan fingerprint density at radius 3 is 2.89 bits per heavy atom. The van der Waals surface area contributed by atoms with Crippen LogP contribution in [0.25, 0.3) is 0 Å². The molecule has 3 heteroatoms. The first-order chi connectivity index (χ1) is 8.75. The molecule has 2 unspecified atom stereocenters. The fraction of sp³-hybridized carbons (Fsp3) is 0.267. The minimum Gasteiger partial charge on any atom is -0.387 e. The number of aliphatic hydroxyl groups is 1. The summed E-state index contributed by atoms with van der Waals surface area (Å²) in [6.07, 6.45) is 3.03. The zero-order chi connectivity index (χ0) is 12.5. The number of aliphatic hydroxyl groups excluding tert-OH is 1. The molecule has 1 aliphatic carbocycles. The van der Waals surface area contributed by atoms with E-state index >= 15 is 0 Å². The van der Waals surface area contributed by atoms with Crippen molar-refractivity contribution in [1.29, 1.82) is 0 Å². The van der Waals surface area contributed by atoms with Crippen LogP contribution in [0.5, 0.6) is 0 Å². The van der Waals surface area contributed by atoms with E-state index in [9.17, 15) is 5.11 Å². The number of rotatable bonds is 3. The highest BCUT2D eigenvalue weighted by Gasteiger charge is 2.28. The van der Waals surface area contributed by atoms with Crippen molar-refractivity contribution in [3.8, 4) is 0 Å². The van der Waals surface area contributed by atoms with Gasteiger partial charge in [0.05, 0.1) is 11.8 Å². The lowest BCUT2D eigenvalue weighted by atomic mass is 9.74. The van der Waals surface area contributed by atoms with E-state index in [1.165, 1.54) is 11.1 Å². The van der Waals surface area contributed by atoms with Crippen LogP contribution in [0.4, 0.5) is 0 Å². The van der Waals surface area contributed by atoms with Gasteiger partial charge in [0, 0.05) is 10.7 Å². The maximum atomic E-state index is 10.3. The fourth-order valence-electron chi connectivity index (χ4n) is 2.60. The van der Waals surface area contributed by atoms with Crippen LogP contribution in [0.15, 0.2) is 47.1 Å². The summed E-state index contributed by atoms with van der Waals surface area (Å²) >= 11 is 3.44. The van der Waals surface area contributed by atoms with Gasteiger partial charge in [0.25, 0.3) is 0 Å². The van der Waals surface area contributed by atoms with Crippen molar-refractivity contribution in [3.05, 3.63) is 63.9 Å². The number of benzene rings is 1. The van der Waals surface area contributed by atoms with E-state index < -0.39 is 6.10 Å². The van der Waals surface area contributed by atoms with Crippen LogP contribution in [0.1, 0.15) is 35.3 Å². The fourth-order valence-corrected chi connectivity index (χ4v) is 3.12. The zero-order valence-electron chi connectivity index (χ0n) is 9.88. The second-order valence-corrected chi connectivity index (χ2v) is 5.58. The third kappa shape index (κ3) is 2.08. The molecule has 0 saturated carbocycles. The van der Waals surface area contributed by atoms with Gasteiger partial charge in [-0.1, -0.05) is 24.3 Å². The monoisotopic (exact) mass is 303 g/mol. The molecule has 92 valence electrons. The molecule has 2 aromatic rings. The lowest BCUT2D eigenvalue weighted by molar-refractivity contribution is 0.148. The van der Waals surface area contributed by atoms with Crippen LogP contribution in [0.2, 0.25) is 0 Å². The number of pyridine rings is 1. The molecule has 1 heterocycles. The van der Waals surface area contributed by atoms with Crippen LogP contribution >= 0.6 is 15.9 Å². The van der Waals surface area contributed by atoms with Crippen molar-refractivity contribution >= 4 is 15.9 Å². The molecule has 1 N–H and O–H groups in total. The highest BCUT2D eigenvalue weighted by atomic mass is 79.9. The summed E-state index contributed by atoms with van der Waals surface area (Å²) in [7, 11) is 0. The molecule has 0 bridgehead atoms. The third-order valence-electron chi connectivity index (χ3n) is 3.57. The van der Waals surface area contributed by atoms with E-state index in [0.717, 1.165) is 23.0 Å². The van der Waals surface area contributed by atoms with Crippen molar-refractivity contribution in [2.24, 2.45) is 0 Å². The van der Waals surface area contributed by atoms with E-state index in [1.807, 2.05) is 12.1 Å². The van der Waals surface area contributed by atoms with E-state index in [-0.39, 0.29) is 0 Å². The molecule has 1 aromatic carbocycles. The van der Waals surface area contributed by atoms with Crippen LogP contribution in [-0.2, 0) is 6.42 Å². The van der Waals surface area contributed by atoms with E-state index in [4.69, 9.17) is 0 Å². The van der Waals surface area contributed by atoms with E-state index in [2.05, 4.69) is 45.2 Å². The van der Waals surface area contributed by atoms with Gasteiger partial charge in [-0.3, -0.25) is 4.98 Å². The quantitative estimate of drug-likeness (QED) is 0.939. The largest absolute Gasteiger partial charge is 0.387 e. The molecule has 2 nitrogen and oxygen atoms in total. The first kappa shape index (κ1) is 11.9. The van der Waals surface area contributed by atoms with E-state index in [0.29, 0.717) is 5.92 Å². The highest BCUT2D eigenvalue weighted by Crippen LogP contribution is 2.41. The molecular formula is C15H14BrNO. The molecule has 0 radical (unpaired) electrons. The van der Waals surface area contributed by atoms with Crippen molar-refractivity contribution in [2.75, 3.05) is 0 Å². The minimum atomic E-state index is -0.501. The van der Waals surface area contributed by atoms with Gasteiger partial charge in [-0.2, -0.15) is 0 Å². The molecule has 1 aromatic heterocycles.